The van der Waals surface area contributed by atoms with Crippen LogP contribution in [0.2, 0.25) is 0 Å². The van der Waals surface area contributed by atoms with E-state index in [-0.39, 0.29) is 5.78 Å². The summed E-state index contributed by atoms with van der Waals surface area (Å²) in [5.41, 5.74) is 12.8. The Balaban J connectivity index is 1.76. The zero-order chi connectivity index (χ0) is 24.9. The molecule has 2 aliphatic carbocycles. The van der Waals surface area contributed by atoms with Gasteiger partial charge in [-0.3, -0.25) is 4.79 Å². The molecule has 0 saturated carbocycles. The molecule has 0 aromatic carbocycles. The average Bonchev–Trinajstić information content (AvgIpc) is 3.13. The Bertz CT molecular complexity index is 1430. The van der Waals surface area contributed by atoms with Crippen molar-refractivity contribution in [1.82, 2.24) is 14.7 Å². The molecule has 0 atom stereocenters. The maximum absolute atomic E-state index is 14.0. The number of carbonyl (C=O) groups is 1. The van der Waals surface area contributed by atoms with Crippen LogP contribution in [0.4, 0.5) is 0 Å². The first-order chi connectivity index (χ1) is 16.9. The SMILES string of the molecule is [B]/C1=C(C(=O)c2c[nH]c3ncc(C4=CCC=C(C)C=C4)cc23)/C(I)=C(N[S-](#C)CCC)\C=C/CC1. The van der Waals surface area contributed by atoms with E-state index in [1.165, 1.54) is 5.57 Å². The number of hydrogen-bond donors (Lipinski definition) is 2. The fourth-order valence-corrected chi connectivity index (χ4v) is 6.16. The van der Waals surface area contributed by atoms with E-state index in [9.17, 15) is 4.79 Å². The van der Waals surface area contributed by atoms with Gasteiger partial charge in [-0.15, -0.1) is 11.2 Å². The predicted octanol–water partition coefficient (Wildman–Crippen LogP) is 6.58. The highest BCUT2D eigenvalue weighted by Crippen LogP contribution is 2.33. The van der Waals surface area contributed by atoms with Crippen molar-refractivity contribution in [1.29, 1.82) is 0 Å². The third-order valence-electron chi connectivity index (χ3n) is 5.95. The molecule has 4 nitrogen and oxygen atoms in total. The first kappa shape index (κ1) is 25.6. The fraction of sp³-hybridized carbons (Fsp3) is 0.250. The Kier molecular flexibility index (Phi) is 8.42. The van der Waals surface area contributed by atoms with Crippen LogP contribution >= 0.6 is 22.6 Å². The number of Topliss-reactive ketones (excluding diaryl/α,β-unsaturated/α-hetero) is 1. The van der Waals surface area contributed by atoms with E-state index >= 15 is 0 Å². The minimum atomic E-state index is -0.482. The second kappa shape index (κ2) is 11.5. The summed E-state index contributed by atoms with van der Waals surface area (Å²) in [4.78, 5) is 21.7. The Morgan fingerprint density at radius 2 is 2.14 bits per heavy atom. The van der Waals surface area contributed by atoms with Crippen molar-refractivity contribution in [2.75, 3.05) is 5.75 Å². The maximum Gasteiger partial charge on any atom is 0.195 e. The highest BCUT2D eigenvalue weighted by molar-refractivity contribution is 14.1. The van der Waals surface area contributed by atoms with Gasteiger partial charge in [-0.1, -0.05) is 49.3 Å². The van der Waals surface area contributed by atoms with Crippen LogP contribution in [0.3, 0.4) is 0 Å². The number of aromatic nitrogens is 2. The molecule has 4 rings (SSSR count). The highest BCUT2D eigenvalue weighted by atomic mass is 127. The number of ketones is 1. The number of nitrogens with zero attached hydrogens (tertiary/aromatic N) is 1. The first-order valence-corrected chi connectivity index (χ1v) is 14.3. The van der Waals surface area contributed by atoms with E-state index in [0.717, 1.165) is 50.8 Å². The smallest absolute Gasteiger partial charge is 0.195 e. The van der Waals surface area contributed by atoms with Crippen LogP contribution in [-0.4, -0.2) is 29.4 Å². The summed E-state index contributed by atoms with van der Waals surface area (Å²) in [6, 6.07) is 2.04. The second-order valence-corrected chi connectivity index (χ2v) is 11.2. The van der Waals surface area contributed by atoms with Gasteiger partial charge in [-0.2, -0.15) is 0 Å². The van der Waals surface area contributed by atoms with Crippen LogP contribution < -0.4 is 4.72 Å². The van der Waals surface area contributed by atoms with Gasteiger partial charge in [0.05, 0.1) is 0 Å². The summed E-state index contributed by atoms with van der Waals surface area (Å²) in [7, 11) is 6.02. The standard InChI is InChI=1S/C28H28BIN3OS/c1-4-14-35(3)33-24-11-6-5-10-23(29)25(26(24)30)27(34)22-17-32-28-21(22)15-20(16-31-28)19-9-7-8-18(2)12-13-19/h3,6,8-9,11-13,15-17,33H,4-5,7,10,14H2,1-2H3,(H,31,32)/q-1/b11-6-,25-23-,26-24-. The van der Waals surface area contributed by atoms with E-state index in [0.29, 0.717) is 28.7 Å². The lowest BCUT2D eigenvalue weighted by Crippen LogP contribution is -2.19. The summed E-state index contributed by atoms with van der Waals surface area (Å²) in [5.74, 6) is 0.752. The largest absolute Gasteiger partial charge is 0.476 e. The van der Waals surface area contributed by atoms with Crippen molar-refractivity contribution in [2.45, 2.75) is 39.5 Å². The van der Waals surface area contributed by atoms with Crippen LogP contribution in [-0.2, 0) is 10.5 Å². The van der Waals surface area contributed by atoms with Gasteiger partial charge >= 0.3 is 0 Å². The van der Waals surface area contributed by atoms with Crippen LogP contribution in [0.5, 0.6) is 0 Å². The van der Waals surface area contributed by atoms with Gasteiger partial charge in [0, 0.05) is 43.8 Å². The van der Waals surface area contributed by atoms with E-state index < -0.39 is 10.5 Å². The molecule has 0 fully saturated rings. The minimum absolute atomic E-state index is 0.109. The van der Waals surface area contributed by atoms with Crippen molar-refractivity contribution >= 4 is 63.3 Å². The normalized spacial score (nSPS) is 21.8. The molecule has 2 aromatic rings. The minimum Gasteiger partial charge on any atom is -0.476 e. The number of hydrogen-bond acceptors (Lipinski definition) is 4. The molecule has 2 radical (unpaired) electrons. The van der Waals surface area contributed by atoms with Gasteiger partial charge in [0.25, 0.3) is 0 Å². The molecule has 2 heterocycles. The van der Waals surface area contributed by atoms with Crippen molar-refractivity contribution in [3.63, 3.8) is 0 Å². The quantitative estimate of drug-likeness (QED) is 0.179. The Morgan fingerprint density at radius 3 is 2.94 bits per heavy atom. The Morgan fingerprint density at radius 1 is 1.31 bits per heavy atom. The molecule has 7 heteroatoms. The van der Waals surface area contributed by atoms with E-state index in [1.54, 1.807) is 6.20 Å². The van der Waals surface area contributed by atoms with Gasteiger partial charge in [0.2, 0.25) is 0 Å². The third-order valence-corrected chi connectivity index (χ3v) is 8.40. The molecule has 0 saturated heterocycles. The van der Waals surface area contributed by atoms with Crippen molar-refractivity contribution < 1.29 is 4.79 Å². The lowest BCUT2D eigenvalue weighted by molar-refractivity contribution is 0.103. The Labute approximate surface area is 224 Å². The van der Waals surface area contributed by atoms with Gasteiger partial charge in [-0.25, -0.2) is 4.98 Å². The van der Waals surface area contributed by atoms with Crippen molar-refractivity contribution in [3.8, 4) is 5.69 Å². The second-order valence-electron chi connectivity index (χ2n) is 8.63. The van der Waals surface area contributed by atoms with Crippen molar-refractivity contribution in [3.05, 3.63) is 91.9 Å². The van der Waals surface area contributed by atoms with Gasteiger partial charge in [-0.05, 0) is 66.5 Å². The number of halogens is 1. The summed E-state index contributed by atoms with van der Waals surface area (Å²) >= 11 is 2.22. The first-order valence-electron chi connectivity index (χ1n) is 11.7. The molecular weight excluding hydrogens is 564 g/mol. The molecule has 0 aliphatic heterocycles. The lowest BCUT2D eigenvalue weighted by atomic mass is 9.82. The molecule has 0 unspecified atom stereocenters. The van der Waals surface area contributed by atoms with Crippen LogP contribution in [0, 0.1) is 5.69 Å². The molecule has 2 aromatic heterocycles. The summed E-state index contributed by atoms with van der Waals surface area (Å²) in [6.07, 6.45) is 19.5. The zero-order valence-electron chi connectivity index (χ0n) is 20.0. The fourth-order valence-electron chi connectivity index (χ4n) is 4.08. The number of aromatic amines is 1. The van der Waals surface area contributed by atoms with Gasteiger partial charge in [0.1, 0.15) is 13.5 Å². The lowest BCUT2D eigenvalue weighted by Gasteiger charge is -2.25. The highest BCUT2D eigenvalue weighted by Gasteiger charge is 2.23. The number of nitrogens with one attached hydrogen (secondary N) is 2. The predicted molar refractivity (Wildman–Crippen MR) is 159 cm³/mol. The van der Waals surface area contributed by atoms with Gasteiger partial charge in [0.15, 0.2) is 5.78 Å². The topological polar surface area (TPSA) is 57.8 Å². The Hall–Kier alpha value is -2.48. The number of allylic oxidation sites excluding steroid dienone is 11. The van der Waals surface area contributed by atoms with Crippen molar-refractivity contribution in [2.24, 2.45) is 0 Å². The van der Waals surface area contributed by atoms with E-state index in [2.05, 4.69) is 81.5 Å². The molecule has 178 valence electrons. The molecular formula is C28H28BIN3OS-. The number of rotatable bonds is 5. The number of fused-ring (bicyclic) bond motifs is 1. The third kappa shape index (κ3) is 5.85. The molecule has 0 spiro atoms. The van der Waals surface area contributed by atoms with E-state index in [4.69, 9.17) is 13.5 Å². The number of H-pyrrole nitrogens is 1. The number of carbonyl (C=O) groups excluding carboxylic acids is 1. The van der Waals surface area contributed by atoms with Crippen LogP contribution in [0.1, 0.15) is 55.5 Å². The average molecular weight is 592 g/mol. The maximum atomic E-state index is 14.0. The van der Waals surface area contributed by atoms with Gasteiger partial charge < -0.3 is 25.9 Å². The summed E-state index contributed by atoms with van der Waals surface area (Å²) in [6.45, 7) is 4.19. The summed E-state index contributed by atoms with van der Waals surface area (Å²) in [5, 5.41) is 0.789. The molecule has 35 heavy (non-hydrogen) atoms. The zero-order valence-corrected chi connectivity index (χ0v) is 23.0. The molecule has 2 aliphatic rings. The molecule has 2 N–H and O–H groups in total. The summed E-state index contributed by atoms with van der Waals surface area (Å²) < 4.78 is 4.18. The molecule has 0 amide bonds. The monoisotopic (exact) mass is 592 g/mol. The van der Waals surface area contributed by atoms with E-state index in [1.807, 2.05) is 18.3 Å². The molecule has 0 bridgehead atoms. The van der Waals surface area contributed by atoms with Crippen LogP contribution in [0.15, 0.2) is 80.8 Å². The van der Waals surface area contributed by atoms with Crippen LogP contribution in [0.25, 0.3) is 16.6 Å². The number of pyridine rings is 1.